The van der Waals surface area contributed by atoms with E-state index in [9.17, 15) is 13.6 Å². The molecule has 0 atom stereocenters. The number of carbonyl (C=O) groups is 1. The number of anilines is 1. The fraction of sp³-hybridized carbons (Fsp3) is 0.0588. The van der Waals surface area contributed by atoms with Crippen molar-refractivity contribution in [2.75, 3.05) is 5.32 Å². The third kappa shape index (κ3) is 3.42. The predicted octanol–water partition coefficient (Wildman–Crippen LogP) is 3.83. The molecule has 0 spiro atoms. The van der Waals surface area contributed by atoms with Crippen molar-refractivity contribution in [3.05, 3.63) is 72.1 Å². The Morgan fingerprint density at radius 3 is 2.78 bits per heavy atom. The van der Waals surface area contributed by atoms with Crippen LogP contribution in [0, 0.1) is 11.6 Å². The van der Waals surface area contributed by atoms with Crippen molar-refractivity contribution in [1.29, 1.82) is 0 Å². The summed E-state index contributed by atoms with van der Waals surface area (Å²) in [5, 5.41) is 7.11. The summed E-state index contributed by atoms with van der Waals surface area (Å²) in [5.74, 6) is -1.85. The lowest BCUT2D eigenvalue weighted by atomic mass is 10.1. The summed E-state index contributed by atoms with van der Waals surface area (Å²) < 4.78 is 26.0. The Bertz CT molecular complexity index is 862. The van der Waals surface area contributed by atoms with Crippen LogP contribution in [0.5, 0.6) is 0 Å². The molecule has 3 aromatic rings. The number of hydrogen-bond acceptors (Lipinski definition) is 2. The van der Waals surface area contributed by atoms with E-state index in [-0.39, 0.29) is 6.54 Å². The molecule has 0 unspecified atom stereocenters. The van der Waals surface area contributed by atoms with Gasteiger partial charge in [-0.05, 0) is 29.8 Å². The molecule has 0 saturated carbocycles. The number of nitrogens with one attached hydrogen (secondary N) is 2. The van der Waals surface area contributed by atoms with Crippen LogP contribution in [0.1, 0.15) is 5.56 Å². The topological polar surface area (TPSA) is 54.0 Å². The minimum absolute atomic E-state index is 0.0926. The lowest BCUT2D eigenvalue weighted by molar-refractivity contribution is 0.251. The highest BCUT2D eigenvalue weighted by Gasteiger charge is 2.07. The van der Waals surface area contributed by atoms with Gasteiger partial charge in [-0.2, -0.15) is 0 Å². The van der Waals surface area contributed by atoms with E-state index in [1.807, 2.05) is 12.1 Å². The summed E-state index contributed by atoms with van der Waals surface area (Å²) in [5.41, 5.74) is 1.12. The number of benzene rings is 2. The average molecular weight is 313 g/mol. The summed E-state index contributed by atoms with van der Waals surface area (Å²) in [7, 11) is 0. The molecule has 1 aromatic heterocycles. The second kappa shape index (κ2) is 6.39. The molecule has 4 nitrogen and oxygen atoms in total. The van der Waals surface area contributed by atoms with Crippen molar-refractivity contribution in [3.8, 4) is 0 Å². The maximum atomic E-state index is 13.1. The molecule has 6 heteroatoms. The van der Waals surface area contributed by atoms with Gasteiger partial charge in [0.05, 0.1) is 5.69 Å². The van der Waals surface area contributed by atoms with Crippen LogP contribution in [0.15, 0.2) is 54.9 Å². The maximum absolute atomic E-state index is 13.1. The molecule has 2 aromatic carbocycles. The van der Waals surface area contributed by atoms with Crippen molar-refractivity contribution >= 4 is 22.5 Å². The first kappa shape index (κ1) is 14.9. The van der Waals surface area contributed by atoms with Gasteiger partial charge in [0, 0.05) is 29.7 Å². The van der Waals surface area contributed by atoms with Crippen LogP contribution in [0.3, 0.4) is 0 Å². The van der Waals surface area contributed by atoms with Crippen molar-refractivity contribution in [1.82, 2.24) is 10.3 Å². The summed E-state index contributed by atoms with van der Waals surface area (Å²) >= 11 is 0. The smallest absolute Gasteiger partial charge is 0.319 e. The minimum atomic E-state index is -0.939. The Morgan fingerprint density at radius 1 is 1.09 bits per heavy atom. The zero-order valence-corrected chi connectivity index (χ0v) is 12.0. The molecule has 0 aliphatic rings. The van der Waals surface area contributed by atoms with Crippen LogP contribution in [0.2, 0.25) is 0 Å². The van der Waals surface area contributed by atoms with E-state index in [4.69, 9.17) is 0 Å². The van der Waals surface area contributed by atoms with Crippen molar-refractivity contribution in [2.45, 2.75) is 6.54 Å². The first-order chi connectivity index (χ1) is 11.1. The summed E-state index contributed by atoms with van der Waals surface area (Å²) in [6, 6.07) is 10.4. The fourth-order valence-corrected chi connectivity index (χ4v) is 2.23. The molecular formula is C17H13F2N3O. The molecular weight excluding hydrogens is 300 g/mol. The number of halogens is 2. The molecule has 1 heterocycles. The van der Waals surface area contributed by atoms with Gasteiger partial charge in [0.15, 0.2) is 11.6 Å². The summed E-state index contributed by atoms with van der Waals surface area (Å²) in [6.45, 7) is 0.0926. The van der Waals surface area contributed by atoms with Crippen LogP contribution < -0.4 is 10.6 Å². The lowest BCUT2D eigenvalue weighted by Gasteiger charge is -2.10. The van der Waals surface area contributed by atoms with Gasteiger partial charge < -0.3 is 10.6 Å². The molecule has 2 N–H and O–H groups in total. The van der Waals surface area contributed by atoms with Gasteiger partial charge in [-0.3, -0.25) is 4.98 Å². The van der Waals surface area contributed by atoms with Gasteiger partial charge in [0.25, 0.3) is 0 Å². The second-order valence-electron chi connectivity index (χ2n) is 4.96. The average Bonchev–Trinajstić information content (AvgIpc) is 2.56. The van der Waals surface area contributed by atoms with Gasteiger partial charge in [-0.1, -0.05) is 18.2 Å². The Morgan fingerprint density at radius 2 is 1.96 bits per heavy atom. The monoisotopic (exact) mass is 313 g/mol. The molecule has 3 rings (SSSR count). The largest absolute Gasteiger partial charge is 0.334 e. The molecule has 0 saturated heterocycles. The molecule has 0 radical (unpaired) electrons. The maximum Gasteiger partial charge on any atom is 0.319 e. The van der Waals surface area contributed by atoms with Crippen LogP contribution in [-0.4, -0.2) is 11.0 Å². The van der Waals surface area contributed by atoms with E-state index in [1.165, 1.54) is 6.07 Å². The number of urea groups is 1. The highest BCUT2D eigenvalue weighted by molar-refractivity contribution is 6.01. The number of hydrogen-bond donors (Lipinski definition) is 2. The quantitative estimate of drug-likeness (QED) is 0.772. The molecule has 0 fully saturated rings. The highest BCUT2D eigenvalue weighted by atomic mass is 19.2. The number of aromatic nitrogens is 1. The third-order valence-corrected chi connectivity index (χ3v) is 3.37. The molecule has 0 bridgehead atoms. The normalized spacial score (nSPS) is 10.5. The van der Waals surface area contributed by atoms with Gasteiger partial charge >= 0.3 is 6.03 Å². The molecule has 23 heavy (non-hydrogen) atoms. The van der Waals surface area contributed by atoms with Crippen LogP contribution >= 0.6 is 0 Å². The highest BCUT2D eigenvalue weighted by Crippen LogP contribution is 2.21. The fourth-order valence-electron chi connectivity index (χ4n) is 2.23. The SMILES string of the molecule is O=C(NCc1ccc(F)c(F)c1)Nc1cccc2cnccc12. The minimum Gasteiger partial charge on any atom is -0.334 e. The number of fused-ring (bicyclic) bond motifs is 1. The van der Waals surface area contributed by atoms with Gasteiger partial charge in [0.1, 0.15) is 0 Å². The predicted molar refractivity (Wildman–Crippen MR) is 84.0 cm³/mol. The number of rotatable bonds is 3. The van der Waals surface area contributed by atoms with Crippen molar-refractivity contribution < 1.29 is 13.6 Å². The first-order valence-electron chi connectivity index (χ1n) is 6.95. The Hall–Kier alpha value is -3.02. The van der Waals surface area contributed by atoms with E-state index < -0.39 is 17.7 Å². The van der Waals surface area contributed by atoms with Crippen LogP contribution in [0.4, 0.5) is 19.3 Å². The van der Waals surface area contributed by atoms with E-state index in [2.05, 4.69) is 15.6 Å². The van der Waals surface area contributed by atoms with E-state index in [0.29, 0.717) is 11.3 Å². The van der Waals surface area contributed by atoms with E-state index >= 15 is 0 Å². The number of carbonyl (C=O) groups excluding carboxylic acids is 1. The number of nitrogens with zero attached hydrogens (tertiary/aromatic N) is 1. The Balaban J connectivity index is 1.68. The molecule has 0 aliphatic carbocycles. The Kier molecular flexibility index (Phi) is 4.14. The molecule has 116 valence electrons. The lowest BCUT2D eigenvalue weighted by Crippen LogP contribution is -2.28. The zero-order chi connectivity index (χ0) is 16.2. The summed E-state index contributed by atoms with van der Waals surface area (Å²) in [4.78, 5) is 16.0. The van der Waals surface area contributed by atoms with Gasteiger partial charge in [-0.15, -0.1) is 0 Å². The standard InChI is InChI=1S/C17H13F2N3O/c18-14-5-4-11(8-15(14)19)9-21-17(23)22-16-3-1-2-12-10-20-7-6-13(12)16/h1-8,10H,9H2,(H2,21,22,23). The van der Waals surface area contributed by atoms with Crippen molar-refractivity contribution in [2.24, 2.45) is 0 Å². The van der Waals surface area contributed by atoms with Gasteiger partial charge in [0.2, 0.25) is 0 Å². The van der Waals surface area contributed by atoms with Crippen LogP contribution in [-0.2, 0) is 6.54 Å². The third-order valence-electron chi connectivity index (χ3n) is 3.37. The van der Waals surface area contributed by atoms with Crippen molar-refractivity contribution in [3.63, 3.8) is 0 Å². The summed E-state index contributed by atoms with van der Waals surface area (Å²) in [6.07, 6.45) is 3.35. The molecule has 2 amide bonds. The molecule has 0 aliphatic heterocycles. The van der Waals surface area contributed by atoms with Gasteiger partial charge in [-0.25, -0.2) is 13.6 Å². The van der Waals surface area contributed by atoms with E-state index in [1.54, 1.807) is 24.5 Å². The number of amides is 2. The van der Waals surface area contributed by atoms with Crippen LogP contribution in [0.25, 0.3) is 10.8 Å². The zero-order valence-electron chi connectivity index (χ0n) is 12.0. The number of pyridine rings is 1. The van der Waals surface area contributed by atoms with E-state index in [0.717, 1.165) is 22.9 Å². The Labute approximate surface area is 131 Å². The second-order valence-corrected chi connectivity index (χ2v) is 4.96. The first-order valence-corrected chi connectivity index (χ1v) is 6.95.